The van der Waals surface area contributed by atoms with Gasteiger partial charge in [-0.1, -0.05) is 23.7 Å². The van der Waals surface area contributed by atoms with Crippen LogP contribution in [0.15, 0.2) is 35.4 Å². The Labute approximate surface area is 180 Å². The highest BCUT2D eigenvalue weighted by molar-refractivity contribution is 7.11. The van der Waals surface area contributed by atoms with Gasteiger partial charge in [0.15, 0.2) is 0 Å². The Hall–Kier alpha value is -1.89. The summed E-state index contributed by atoms with van der Waals surface area (Å²) in [6.45, 7) is 9.19. The van der Waals surface area contributed by atoms with E-state index in [2.05, 4.69) is 33.0 Å². The summed E-state index contributed by atoms with van der Waals surface area (Å²) in [4.78, 5) is 6.75. The number of nitrogens with one attached hydrogen (secondary N) is 2. The van der Waals surface area contributed by atoms with E-state index in [1.807, 2.05) is 34.5 Å². The Balaban J connectivity index is 1.58. The molecule has 1 aromatic carbocycles. The van der Waals surface area contributed by atoms with Crippen molar-refractivity contribution in [3.05, 3.63) is 45.4 Å². The highest BCUT2D eigenvalue weighted by atomic mass is 35.5. The molecule has 2 aliphatic rings. The van der Waals surface area contributed by atoms with Crippen molar-refractivity contribution in [1.29, 1.82) is 5.41 Å². The van der Waals surface area contributed by atoms with Gasteiger partial charge in [0, 0.05) is 33.1 Å². The van der Waals surface area contributed by atoms with E-state index in [1.165, 1.54) is 11.3 Å². The highest BCUT2D eigenvalue weighted by Crippen LogP contribution is 2.38. The fraction of sp³-hybridized carbons (Fsp3) is 0.455. The second-order valence-corrected chi connectivity index (χ2v) is 10.6. The van der Waals surface area contributed by atoms with Crippen LogP contribution >= 0.6 is 22.9 Å². The summed E-state index contributed by atoms with van der Waals surface area (Å²) in [6, 6.07) is 7.74. The van der Waals surface area contributed by atoms with Crippen molar-refractivity contribution < 1.29 is 5.11 Å². The first-order valence-corrected chi connectivity index (χ1v) is 11.1. The van der Waals surface area contributed by atoms with Crippen LogP contribution in [-0.2, 0) is 0 Å². The molecule has 154 valence electrons. The molecule has 0 saturated carbocycles. The molecule has 4 rings (SSSR count). The Morgan fingerprint density at radius 3 is 2.41 bits per heavy atom. The summed E-state index contributed by atoms with van der Waals surface area (Å²) in [5, 5.41) is 26.5. The minimum absolute atomic E-state index is 0.0198. The number of aromatic nitrogens is 1. The molecule has 0 radical (unpaired) electrons. The first-order chi connectivity index (χ1) is 13.5. The number of aliphatic hydroxyl groups excluding tert-OH is 1. The molecule has 0 atom stereocenters. The first kappa shape index (κ1) is 20.4. The van der Waals surface area contributed by atoms with Crippen LogP contribution in [0.3, 0.4) is 0 Å². The average Bonchev–Trinajstić information content (AvgIpc) is 3.17. The third kappa shape index (κ3) is 4.06. The molecule has 0 unspecified atom stereocenters. The van der Waals surface area contributed by atoms with Gasteiger partial charge in [-0.05, 0) is 52.7 Å². The lowest BCUT2D eigenvalue weighted by Gasteiger charge is -2.49. The molecule has 2 aliphatic heterocycles. The molecule has 1 fully saturated rings. The van der Waals surface area contributed by atoms with Gasteiger partial charge in [-0.3, -0.25) is 5.41 Å². The van der Waals surface area contributed by atoms with Gasteiger partial charge in [-0.2, -0.15) is 0 Å². The lowest BCUT2D eigenvalue weighted by atomic mass is 9.79. The van der Waals surface area contributed by atoms with Crippen molar-refractivity contribution in [2.75, 3.05) is 6.54 Å². The predicted molar refractivity (Wildman–Crippen MR) is 121 cm³/mol. The molecule has 7 heteroatoms. The molecular weight excluding hydrogens is 404 g/mol. The number of piperidine rings is 1. The standard InChI is InChI=1S/C22H27ClN4OS/c1-21(2)9-15(10-22(3,4)26-21)27-11-17(28)18(19(27)24)20-25-16(12-29-20)13-5-7-14(23)8-6-13/h5-8,12,15,24,26,28H,9-11H2,1-4H3. The third-order valence-corrected chi connectivity index (χ3v) is 6.71. The zero-order valence-corrected chi connectivity index (χ0v) is 18.8. The summed E-state index contributed by atoms with van der Waals surface area (Å²) in [5.74, 6) is 0.610. The maximum atomic E-state index is 10.7. The SMILES string of the molecule is CC1(C)CC(N2CC(O)=C(c3nc(-c4ccc(Cl)cc4)cs3)C2=N)CC(C)(C)N1. The molecule has 1 aromatic heterocycles. The number of hydrogen-bond acceptors (Lipinski definition) is 5. The largest absolute Gasteiger partial charge is 0.510 e. The van der Waals surface area contributed by atoms with Gasteiger partial charge in [0.1, 0.15) is 16.6 Å². The van der Waals surface area contributed by atoms with Crippen LogP contribution < -0.4 is 5.32 Å². The van der Waals surface area contributed by atoms with E-state index >= 15 is 0 Å². The van der Waals surface area contributed by atoms with E-state index < -0.39 is 0 Å². The van der Waals surface area contributed by atoms with Gasteiger partial charge in [-0.15, -0.1) is 11.3 Å². The molecular formula is C22H27ClN4OS. The van der Waals surface area contributed by atoms with Crippen molar-refractivity contribution in [2.45, 2.75) is 57.7 Å². The molecule has 0 amide bonds. The van der Waals surface area contributed by atoms with Gasteiger partial charge >= 0.3 is 0 Å². The zero-order valence-electron chi connectivity index (χ0n) is 17.2. The number of rotatable bonds is 3. The smallest absolute Gasteiger partial charge is 0.135 e. The van der Waals surface area contributed by atoms with E-state index in [1.54, 1.807) is 0 Å². The number of halogens is 1. The summed E-state index contributed by atoms with van der Waals surface area (Å²) >= 11 is 7.44. The van der Waals surface area contributed by atoms with E-state index in [0.717, 1.165) is 24.1 Å². The molecule has 0 aliphatic carbocycles. The molecule has 0 bridgehead atoms. The summed E-state index contributed by atoms with van der Waals surface area (Å²) in [6.07, 6.45) is 1.85. The van der Waals surface area contributed by atoms with Crippen molar-refractivity contribution in [3.8, 4) is 11.3 Å². The van der Waals surface area contributed by atoms with Crippen molar-refractivity contribution >= 4 is 34.3 Å². The summed E-state index contributed by atoms with van der Waals surface area (Å²) in [7, 11) is 0. The van der Waals surface area contributed by atoms with E-state index in [-0.39, 0.29) is 22.9 Å². The van der Waals surface area contributed by atoms with Crippen LogP contribution in [0.25, 0.3) is 16.8 Å². The van der Waals surface area contributed by atoms with E-state index in [0.29, 0.717) is 28.0 Å². The lowest BCUT2D eigenvalue weighted by Crippen LogP contribution is -2.62. The first-order valence-electron chi connectivity index (χ1n) is 9.83. The maximum Gasteiger partial charge on any atom is 0.135 e. The molecule has 3 heterocycles. The van der Waals surface area contributed by atoms with E-state index in [4.69, 9.17) is 22.0 Å². The van der Waals surface area contributed by atoms with Crippen LogP contribution in [0.2, 0.25) is 5.02 Å². The topological polar surface area (TPSA) is 72.2 Å². The van der Waals surface area contributed by atoms with Gasteiger partial charge in [0.25, 0.3) is 0 Å². The predicted octanol–water partition coefficient (Wildman–Crippen LogP) is 5.33. The lowest BCUT2D eigenvalue weighted by molar-refractivity contribution is 0.105. The van der Waals surface area contributed by atoms with Crippen LogP contribution in [0.4, 0.5) is 0 Å². The monoisotopic (exact) mass is 430 g/mol. The Morgan fingerprint density at radius 2 is 1.79 bits per heavy atom. The summed E-state index contributed by atoms with van der Waals surface area (Å²) < 4.78 is 0. The van der Waals surface area contributed by atoms with Crippen molar-refractivity contribution in [2.24, 2.45) is 0 Å². The molecule has 0 spiro atoms. The Kier molecular flexibility index (Phi) is 5.00. The molecule has 3 N–H and O–H groups in total. The van der Waals surface area contributed by atoms with Gasteiger partial charge in [0.2, 0.25) is 0 Å². The van der Waals surface area contributed by atoms with Gasteiger partial charge in [0.05, 0.1) is 17.8 Å². The normalized spacial score (nSPS) is 21.8. The fourth-order valence-electron chi connectivity index (χ4n) is 4.77. The zero-order chi connectivity index (χ0) is 21.0. The maximum absolute atomic E-state index is 10.7. The van der Waals surface area contributed by atoms with Gasteiger partial charge < -0.3 is 15.3 Å². The van der Waals surface area contributed by atoms with Gasteiger partial charge in [-0.25, -0.2) is 4.98 Å². The molecule has 2 aromatic rings. The number of nitrogens with zero attached hydrogens (tertiary/aromatic N) is 2. The van der Waals surface area contributed by atoms with Crippen molar-refractivity contribution in [3.63, 3.8) is 0 Å². The Morgan fingerprint density at radius 1 is 1.17 bits per heavy atom. The highest BCUT2D eigenvalue weighted by Gasteiger charge is 2.43. The quantitative estimate of drug-likeness (QED) is 0.614. The van der Waals surface area contributed by atoms with Crippen LogP contribution in [0.1, 0.15) is 45.5 Å². The van der Waals surface area contributed by atoms with Crippen molar-refractivity contribution in [1.82, 2.24) is 15.2 Å². The molecule has 29 heavy (non-hydrogen) atoms. The van der Waals surface area contributed by atoms with E-state index in [9.17, 15) is 5.11 Å². The summed E-state index contributed by atoms with van der Waals surface area (Å²) in [5.41, 5.74) is 2.32. The average molecular weight is 431 g/mol. The Bertz CT molecular complexity index is 961. The number of thiazole rings is 1. The second-order valence-electron chi connectivity index (χ2n) is 9.30. The molecule has 1 saturated heterocycles. The molecule has 5 nitrogen and oxygen atoms in total. The number of benzene rings is 1. The minimum Gasteiger partial charge on any atom is -0.510 e. The van der Waals surface area contributed by atoms with Crippen LogP contribution in [-0.4, -0.2) is 44.5 Å². The minimum atomic E-state index is -0.0198. The number of amidine groups is 1. The van der Waals surface area contributed by atoms with Crippen LogP contribution in [0, 0.1) is 5.41 Å². The third-order valence-electron chi connectivity index (χ3n) is 5.60. The second kappa shape index (κ2) is 7.11. The van der Waals surface area contributed by atoms with Crippen LogP contribution in [0.5, 0.6) is 0 Å². The fourth-order valence-corrected chi connectivity index (χ4v) is 5.79. The number of aliphatic hydroxyl groups is 1. The number of hydrogen-bond donors (Lipinski definition) is 3.